The number of anilines is 1. The van der Waals surface area contributed by atoms with E-state index in [0.29, 0.717) is 19.6 Å². The van der Waals surface area contributed by atoms with Gasteiger partial charge < -0.3 is 28.6 Å². The van der Waals surface area contributed by atoms with Gasteiger partial charge in [0, 0.05) is 38.8 Å². The molecule has 2 heterocycles. The van der Waals surface area contributed by atoms with E-state index in [1.165, 1.54) is 7.11 Å². The van der Waals surface area contributed by atoms with Crippen LogP contribution in [0.1, 0.15) is 55.7 Å². The average molecular weight is 695 g/mol. The molecule has 0 aliphatic carbocycles. The van der Waals surface area contributed by atoms with Crippen molar-refractivity contribution in [2.24, 2.45) is 5.41 Å². The first kappa shape index (κ1) is 36.6. The molecule has 3 atom stereocenters. The minimum absolute atomic E-state index is 0.117. The quantitative estimate of drug-likeness (QED) is 0.149. The van der Waals surface area contributed by atoms with Crippen LogP contribution < -0.4 is 14.4 Å². The molecule has 10 nitrogen and oxygen atoms in total. The van der Waals surface area contributed by atoms with Crippen LogP contribution in [0.5, 0.6) is 11.5 Å². The molecule has 0 saturated carbocycles. The first-order valence-corrected chi connectivity index (χ1v) is 18.3. The number of carbonyl (C=O) groups is 1. The van der Waals surface area contributed by atoms with Gasteiger partial charge in [-0.25, -0.2) is 8.42 Å². The number of nitrogens with zero attached hydrogens (tertiary/aromatic N) is 2. The van der Waals surface area contributed by atoms with E-state index in [-0.39, 0.29) is 36.4 Å². The molecule has 1 saturated heterocycles. The van der Waals surface area contributed by atoms with E-state index in [1.54, 1.807) is 56.6 Å². The van der Waals surface area contributed by atoms with Crippen molar-refractivity contribution >= 4 is 21.7 Å². The Morgan fingerprint density at radius 3 is 2.41 bits per heavy atom. The van der Waals surface area contributed by atoms with Crippen molar-refractivity contribution < 1.29 is 36.9 Å². The molecular formula is C38H50N2O8S. The van der Waals surface area contributed by atoms with Crippen molar-refractivity contribution in [3.63, 3.8) is 0 Å². The zero-order chi connectivity index (χ0) is 35.2. The molecular weight excluding hydrogens is 644 g/mol. The lowest BCUT2D eigenvalue weighted by atomic mass is 9.77. The molecule has 0 N–H and O–H groups in total. The summed E-state index contributed by atoms with van der Waals surface area (Å²) in [6, 6.07) is 20.4. The Labute approximate surface area is 291 Å². The van der Waals surface area contributed by atoms with Gasteiger partial charge in [0.2, 0.25) is 10.0 Å². The normalized spacial score (nSPS) is 20.0. The molecule has 0 amide bonds. The predicted molar refractivity (Wildman–Crippen MR) is 189 cm³/mol. The minimum Gasteiger partial charge on any atom is -0.497 e. The van der Waals surface area contributed by atoms with E-state index < -0.39 is 27.6 Å². The van der Waals surface area contributed by atoms with Crippen molar-refractivity contribution in [2.45, 2.75) is 69.6 Å². The van der Waals surface area contributed by atoms with Crippen molar-refractivity contribution in [2.75, 3.05) is 59.1 Å². The molecule has 2 aliphatic heterocycles. The van der Waals surface area contributed by atoms with Crippen LogP contribution in [0.2, 0.25) is 0 Å². The van der Waals surface area contributed by atoms with Gasteiger partial charge in [0.15, 0.2) is 0 Å². The number of rotatable bonds is 14. The van der Waals surface area contributed by atoms with Crippen molar-refractivity contribution in [3.05, 3.63) is 83.4 Å². The second-order valence-corrected chi connectivity index (χ2v) is 15.5. The van der Waals surface area contributed by atoms with Gasteiger partial charge in [-0.2, -0.15) is 4.31 Å². The maximum absolute atomic E-state index is 14.4. The number of sulfonamides is 1. The molecule has 0 unspecified atom stereocenters. The lowest BCUT2D eigenvalue weighted by molar-refractivity contribution is -0.152. The molecule has 0 radical (unpaired) electrons. The fourth-order valence-corrected chi connectivity index (χ4v) is 8.55. The Kier molecular flexibility index (Phi) is 11.9. The number of esters is 1. The van der Waals surface area contributed by atoms with Gasteiger partial charge >= 0.3 is 5.97 Å². The van der Waals surface area contributed by atoms with Crippen LogP contribution in [0, 0.1) is 12.3 Å². The maximum Gasteiger partial charge on any atom is 0.311 e. The van der Waals surface area contributed by atoms with Gasteiger partial charge in [-0.05, 0) is 87.6 Å². The molecule has 0 spiro atoms. The number of ether oxygens (including phenoxy) is 5. The smallest absolute Gasteiger partial charge is 0.311 e. The monoisotopic (exact) mass is 694 g/mol. The summed E-state index contributed by atoms with van der Waals surface area (Å²) < 4.78 is 58.9. The third kappa shape index (κ3) is 8.57. The third-order valence-corrected chi connectivity index (χ3v) is 11.6. The lowest BCUT2D eigenvalue weighted by Crippen LogP contribution is -2.54. The minimum atomic E-state index is -3.95. The van der Waals surface area contributed by atoms with E-state index in [9.17, 15) is 13.2 Å². The second kappa shape index (κ2) is 15.9. The summed E-state index contributed by atoms with van der Waals surface area (Å²) in [6.45, 7) is 8.89. The van der Waals surface area contributed by atoms with E-state index >= 15 is 0 Å². The molecule has 1 fully saturated rings. The van der Waals surface area contributed by atoms with E-state index in [1.807, 2.05) is 43.3 Å². The highest BCUT2D eigenvalue weighted by atomic mass is 32.2. The Hall–Kier alpha value is -3.64. The Bertz CT molecular complexity index is 1660. The van der Waals surface area contributed by atoms with Crippen LogP contribution in [-0.4, -0.2) is 85.0 Å². The highest BCUT2D eigenvalue weighted by molar-refractivity contribution is 7.89. The fourth-order valence-electron chi connectivity index (χ4n) is 6.90. The van der Waals surface area contributed by atoms with Crippen molar-refractivity contribution in [1.29, 1.82) is 0 Å². The van der Waals surface area contributed by atoms with Crippen LogP contribution in [-0.2, 0) is 35.6 Å². The van der Waals surface area contributed by atoms with E-state index in [2.05, 4.69) is 11.0 Å². The largest absolute Gasteiger partial charge is 0.497 e. The number of piperidine rings is 1. The van der Waals surface area contributed by atoms with Gasteiger partial charge in [-0.15, -0.1) is 0 Å². The summed E-state index contributed by atoms with van der Waals surface area (Å²) in [5, 5.41) is 0. The number of hydrogen-bond acceptors (Lipinski definition) is 9. The number of aryl methyl sites for hydroxylation is 1. The molecule has 2 aliphatic rings. The van der Waals surface area contributed by atoms with Crippen molar-refractivity contribution in [3.8, 4) is 11.5 Å². The van der Waals surface area contributed by atoms with E-state index in [0.717, 1.165) is 53.4 Å². The Balaban J connectivity index is 1.48. The van der Waals surface area contributed by atoms with Gasteiger partial charge in [0.1, 0.15) is 18.1 Å². The van der Waals surface area contributed by atoms with Gasteiger partial charge in [-0.3, -0.25) is 4.79 Å². The number of fused-ring (bicyclic) bond motifs is 1. The molecule has 3 aromatic rings. The van der Waals surface area contributed by atoms with Crippen molar-refractivity contribution in [1.82, 2.24) is 4.31 Å². The SMILES string of the molecule is COCCCN1CCOc2ccc(CO[C@H]3CN(S(=O)(=O)c4ccc(C)cc4)[C@@H](CC(C)(C)C(=O)OC)C[C@@H]3c3ccc(OC)cc3)cc21. The molecule has 266 valence electrons. The first-order chi connectivity index (χ1) is 23.5. The first-order valence-electron chi connectivity index (χ1n) is 16.9. The molecule has 5 rings (SSSR count). The van der Waals surface area contributed by atoms with Crippen LogP contribution in [0.4, 0.5) is 5.69 Å². The summed E-state index contributed by atoms with van der Waals surface area (Å²) in [5.74, 6) is 1.04. The maximum atomic E-state index is 14.4. The summed E-state index contributed by atoms with van der Waals surface area (Å²) in [7, 11) is 0.753. The Morgan fingerprint density at radius 1 is 1.00 bits per heavy atom. The second-order valence-electron chi connectivity index (χ2n) is 13.6. The lowest BCUT2D eigenvalue weighted by Gasteiger charge is -2.45. The zero-order valence-corrected chi connectivity index (χ0v) is 30.3. The molecule has 11 heteroatoms. The third-order valence-electron chi connectivity index (χ3n) is 9.62. The standard InChI is InChI=1S/C38H50N2O8S/c1-27-8-15-32(16-9-27)49(42,43)40-25-36(48-26-28-10-17-35-34(22-28)39(19-21-47-35)18-7-20-44-4)33(29-11-13-31(45-5)14-12-29)23-30(40)24-38(2,3)37(41)46-6/h8-17,22,30,33,36H,7,18-21,23-26H2,1-6H3/t30-,33-,36+/m1/s1. The number of methoxy groups -OCH3 is 3. The average Bonchev–Trinajstić information content (AvgIpc) is 3.10. The molecule has 0 aromatic heterocycles. The number of hydrogen-bond donors (Lipinski definition) is 0. The van der Waals surface area contributed by atoms with Gasteiger partial charge in [-0.1, -0.05) is 35.9 Å². The highest BCUT2D eigenvalue weighted by Crippen LogP contribution is 2.42. The van der Waals surface area contributed by atoms with Gasteiger partial charge in [0.25, 0.3) is 0 Å². The van der Waals surface area contributed by atoms with Gasteiger partial charge in [0.05, 0.1) is 49.5 Å². The molecule has 49 heavy (non-hydrogen) atoms. The highest BCUT2D eigenvalue weighted by Gasteiger charge is 2.46. The number of carbonyl (C=O) groups excluding carboxylic acids is 1. The van der Waals surface area contributed by atoms with Crippen LogP contribution in [0.25, 0.3) is 0 Å². The zero-order valence-electron chi connectivity index (χ0n) is 29.5. The topological polar surface area (TPSA) is 104 Å². The molecule has 3 aromatic carbocycles. The van der Waals surface area contributed by atoms with Crippen LogP contribution >= 0.6 is 0 Å². The summed E-state index contributed by atoms with van der Waals surface area (Å²) in [6.07, 6.45) is 1.17. The predicted octanol–water partition coefficient (Wildman–Crippen LogP) is 5.96. The van der Waals surface area contributed by atoms with Crippen LogP contribution in [0.3, 0.4) is 0 Å². The fraction of sp³-hybridized carbons (Fsp3) is 0.500. The molecule has 0 bridgehead atoms. The van der Waals surface area contributed by atoms with Crippen LogP contribution in [0.15, 0.2) is 71.6 Å². The summed E-state index contributed by atoms with van der Waals surface area (Å²) >= 11 is 0. The summed E-state index contributed by atoms with van der Waals surface area (Å²) in [4.78, 5) is 15.4. The Morgan fingerprint density at radius 2 is 1.73 bits per heavy atom. The number of benzene rings is 3. The van der Waals surface area contributed by atoms with E-state index in [4.69, 9.17) is 23.7 Å². The summed E-state index contributed by atoms with van der Waals surface area (Å²) in [5.41, 5.74) is 3.05.